The summed E-state index contributed by atoms with van der Waals surface area (Å²) in [5.74, 6) is -0.828. The monoisotopic (exact) mass is 540 g/mol. The molecule has 4 aromatic rings. The highest BCUT2D eigenvalue weighted by atomic mass is 16.5. The van der Waals surface area contributed by atoms with Gasteiger partial charge in [-0.3, -0.25) is 14.6 Å². The van der Waals surface area contributed by atoms with E-state index in [0.717, 1.165) is 41.9 Å². The van der Waals surface area contributed by atoms with Crippen LogP contribution < -0.4 is 16.0 Å². The summed E-state index contributed by atoms with van der Waals surface area (Å²) in [5.41, 5.74) is 4.60. The van der Waals surface area contributed by atoms with Crippen molar-refractivity contribution >= 4 is 45.9 Å². The number of rotatable bonds is 10. The number of ether oxygens (including phenoxy) is 1. The lowest BCUT2D eigenvalue weighted by Crippen LogP contribution is -2.29. The molecule has 0 atom stereocenters. The second-order valence-electron chi connectivity index (χ2n) is 9.88. The minimum absolute atomic E-state index is 0.0628. The maximum absolute atomic E-state index is 13.1. The Labute approximate surface area is 232 Å². The summed E-state index contributed by atoms with van der Waals surface area (Å²) >= 11 is 0. The fourth-order valence-electron chi connectivity index (χ4n) is 4.76. The number of aryl methyl sites for hydroxylation is 2. The Morgan fingerprint density at radius 2 is 1.82 bits per heavy atom. The van der Waals surface area contributed by atoms with Gasteiger partial charge in [0.05, 0.1) is 24.7 Å². The van der Waals surface area contributed by atoms with Crippen LogP contribution in [0.25, 0.3) is 11.0 Å². The number of fused-ring (bicyclic) bond motifs is 1. The number of nitrogens with one attached hydrogen (secondary N) is 3. The van der Waals surface area contributed by atoms with Gasteiger partial charge in [-0.2, -0.15) is 0 Å². The first kappa shape index (κ1) is 26.9. The quantitative estimate of drug-likeness (QED) is 0.247. The predicted octanol–water partition coefficient (Wildman–Crippen LogP) is 4.77. The molecule has 0 unspecified atom stereocenters. The maximum Gasteiger partial charge on any atom is 0.356 e. The van der Waals surface area contributed by atoms with Crippen LogP contribution in [0, 0.1) is 5.92 Å². The Morgan fingerprint density at radius 3 is 2.48 bits per heavy atom. The van der Waals surface area contributed by atoms with Crippen LogP contribution in [-0.2, 0) is 33.8 Å². The molecule has 0 saturated heterocycles. The Kier molecular flexibility index (Phi) is 8.04. The fraction of sp³-hybridized carbons (Fsp3) is 0.300. The lowest BCUT2D eigenvalue weighted by molar-refractivity contribution is -0.122. The van der Waals surface area contributed by atoms with E-state index in [-0.39, 0.29) is 23.4 Å². The van der Waals surface area contributed by atoms with Crippen LogP contribution in [0.1, 0.15) is 47.9 Å². The highest BCUT2D eigenvalue weighted by Crippen LogP contribution is 2.35. The SMILES string of the molecule is COC(=O)c1c(NC(=O)C2CCC2)c2cc(NCc3ccc(NC(C)=O)cc3)cnc2n1CCc1ccccn1. The molecular weight excluding hydrogens is 508 g/mol. The number of hydrogen-bond donors (Lipinski definition) is 3. The van der Waals surface area contributed by atoms with Crippen molar-refractivity contribution in [1.29, 1.82) is 0 Å². The molecule has 1 fully saturated rings. The minimum Gasteiger partial charge on any atom is -0.464 e. The number of pyridine rings is 2. The van der Waals surface area contributed by atoms with E-state index in [0.29, 0.717) is 36.2 Å². The normalized spacial score (nSPS) is 12.9. The molecule has 3 N–H and O–H groups in total. The van der Waals surface area contributed by atoms with E-state index in [9.17, 15) is 14.4 Å². The van der Waals surface area contributed by atoms with Crippen molar-refractivity contribution in [3.8, 4) is 0 Å². The zero-order chi connectivity index (χ0) is 28.1. The van der Waals surface area contributed by atoms with E-state index in [1.807, 2.05) is 48.5 Å². The molecule has 0 spiro atoms. The first-order chi connectivity index (χ1) is 19.4. The third kappa shape index (κ3) is 5.96. The van der Waals surface area contributed by atoms with Gasteiger partial charge in [0.2, 0.25) is 11.8 Å². The van der Waals surface area contributed by atoms with E-state index >= 15 is 0 Å². The van der Waals surface area contributed by atoms with Crippen molar-refractivity contribution in [3.05, 3.63) is 77.9 Å². The first-order valence-corrected chi connectivity index (χ1v) is 13.3. The van der Waals surface area contributed by atoms with E-state index in [2.05, 4.69) is 20.9 Å². The molecular formula is C30H32N6O4. The average Bonchev–Trinajstić information content (AvgIpc) is 3.22. The van der Waals surface area contributed by atoms with Crippen LogP contribution in [0.2, 0.25) is 0 Å². The molecule has 5 rings (SSSR count). The second kappa shape index (κ2) is 12.0. The van der Waals surface area contributed by atoms with Crippen molar-refractivity contribution < 1.29 is 19.1 Å². The molecule has 206 valence electrons. The van der Waals surface area contributed by atoms with E-state index in [1.165, 1.54) is 14.0 Å². The number of hydrogen-bond acceptors (Lipinski definition) is 7. The summed E-state index contributed by atoms with van der Waals surface area (Å²) in [5, 5.41) is 9.82. The zero-order valence-corrected chi connectivity index (χ0v) is 22.6. The molecule has 0 aliphatic heterocycles. The molecule has 1 aliphatic carbocycles. The van der Waals surface area contributed by atoms with Gasteiger partial charge in [0.1, 0.15) is 5.65 Å². The minimum atomic E-state index is -0.545. The van der Waals surface area contributed by atoms with Crippen LogP contribution in [0.5, 0.6) is 0 Å². The molecule has 40 heavy (non-hydrogen) atoms. The molecule has 1 aliphatic rings. The second-order valence-corrected chi connectivity index (χ2v) is 9.88. The average molecular weight is 541 g/mol. The van der Waals surface area contributed by atoms with E-state index in [1.54, 1.807) is 17.0 Å². The smallest absolute Gasteiger partial charge is 0.356 e. The third-order valence-electron chi connectivity index (χ3n) is 7.09. The summed E-state index contributed by atoms with van der Waals surface area (Å²) in [6.07, 6.45) is 6.71. The van der Waals surface area contributed by atoms with Crippen molar-refractivity contribution in [1.82, 2.24) is 14.5 Å². The number of benzene rings is 1. The highest BCUT2D eigenvalue weighted by Gasteiger charge is 2.30. The Balaban J connectivity index is 1.47. The van der Waals surface area contributed by atoms with Gasteiger partial charge in [-0.05, 0) is 48.7 Å². The largest absolute Gasteiger partial charge is 0.464 e. The molecule has 3 aromatic heterocycles. The molecule has 0 bridgehead atoms. The summed E-state index contributed by atoms with van der Waals surface area (Å²) in [4.78, 5) is 46.5. The van der Waals surface area contributed by atoms with Crippen molar-refractivity contribution in [3.63, 3.8) is 0 Å². The lowest BCUT2D eigenvalue weighted by Gasteiger charge is -2.24. The Morgan fingerprint density at radius 1 is 1.02 bits per heavy atom. The summed E-state index contributed by atoms with van der Waals surface area (Å²) in [7, 11) is 1.33. The van der Waals surface area contributed by atoms with Crippen LogP contribution in [0.4, 0.5) is 17.1 Å². The number of carbonyl (C=O) groups is 3. The molecule has 0 radical (unpaired) electrons. The molecule has 10 heteroatoms. The van der Waals surface area contributed by atoms with Crippen LogP contribution in [0.15, 0.2) is 60.9 Å². The highest BCUT2D eigenvalue weighted by molar-refractivity contribution is 6.11. The van der Waals surface area contributed by atoms with Crippen LogP contribution in [0.3, 0.4) is 0 Å². The number of amides is 2. The van der Waals surface area contributed by atoms with Crippen LogP contribution in [-0.4, -0.2) is 39.4 Å². The molecule has 2 amide bonds. The standard InChI is InChI=1S/C30H32N6O4/c1-19(37)34-23-11-9-20(10-12-23)17-32-24-16-25-26(35-29(38)21-6-5-7-21)27(30(39)40-2)36(28(25)33-18-24)15-13-22-8-3-4-14-31-22/h3-4,8-12,14,16,18,21,32H,5-7,13,15,17H2,1-2H3,(H,34,37)(H,35,38). The summed E-state index contributed by atoms with van der Waals surface area (Å²) in [6.45, 7) is 2.41. The van der Waals surface area contributed by atoms with Gasteiger partial charge in [0.25, 0.3) is 0 Å². The lowest BCUT2D eigenvalue weighted by atomic mass is 9.85. The van der Waals surface area contributed by atoms with Crippen molar-refractivity contribution in [2.45, 2.75) is 45.7 Å². The van der Waals surface area contributed by atoms with Gasteiger partial charge < -0.3 is 25.3 Å². The summed E-state index contributed by atoms with van der Waals surface area (Å²) in [6, 6.07) is 15.2. The number of nitrogens with zero attached hydrogens (tertiary/aromatic N) is 3. The van der Waals surface area contributed by atoms with Gasteiger partial charge in [0, 0.05) is 55.3 Å². The fourth-order valence-corrected chi connectivity index (χ4v) is 4.76. The van der Waals surface area contributed by atoms with Crippen molar-refractivity contribution in [2.24, 2.45) is 5.92 Å². The van der Waals surface area contributed by atoms with Gasteiger partial charge in [-0.25, -0.2) is 9.78 Å². The van der Waals surface area contributed by atoms with Gasteiger partial charge in [-0.15, -0.1) is 0 Å². The number of esters is 1. The van der Waals surface area contributed by atoms with Gasteiger partial charge >= 0.3 is 5.97 Å². The number of aromatic nitrogens is 3. The van der Waals surface area contributed by atoms with Gasteiger partial charge in [-0.1, -0.05) is 24.6 Å². The van der Waals surface area contributed by atoms with Gasteiger partial charge in [0.15, 0.2) is 5.69 Å². The Bertz CT molecular complexity index is 1530. The third-order valence-corrected chi connectivity index (χ3v) is 7.09. The Hall–Kier alpha value is -4.73. The molecule has 10 nitrogen and oxygen atoms in total. The molecule has 1 saturated carbocycles. The van der Waals surface area contributed by atoms with Crippen LogP contribution >= 0.6 is 0 Å². The number of carbonyl (C=O) groups excluding carboxylic acids is 3. The predicted molar refractivity (Wildman–Crippen MR) is 153 cm³/mol. The maximum atomic E-state index is 13.1. The van der Waals surface area contributed by atoms with E-state index in [4.69, 9.17) is 9.72 Å². The number of methoxy groups -OCH3 is 1. The van der Waals surface area contributed by atoms with Crippen molar-refractivity contribution in [2.75, 3.05) is 23.1 Å². The molecule has 1 aromatic carbocycles. The topological polar surface area (TPSA) is 127 Å². The first-order valence-electron chi connectivity index (χ1n) is 13.3. The number of anilines is 3. The van der Waals surface area contributed by atoms with E-state index < -0.39 is 5.97 Å². The zero-order valence-electron chi connectivity index (χ0n) is 22.6. The molecule has 3 heterocycles. The summed E-state index contributed by atoms with van der Waals surface area (Å²) < 4.78 is 6.96.